The number of morpholine rings is 1. The predicted octanol–water partition coefficient (Wildman–Crippen LogP) is 2.74. The van der Waals surface area contributed by atoms with Crippen LogP contribution in [0.3, 0.4) is 0 Å². The summed E-state index contributed by atoms with van der Waals surface area (Å²) in [5.41, 5.74) is 2.54. The molecule has 1 fully saturated rings. The highest BCUT2D eigenvalue weighted by atomic mass is 16.5. The van der Waals surface area contributed by atoms with Crippen LogP contribution in [0.1, 0.15) is 40.5 Å². The molecule has 0 radical (unpaired) electrons. The van der Waals surface area contributed by atoms with Crippen LogP contribution in [0.5, 0.6) is 0 Å². The van der Waals surface area contributed by atoms with Gasteiger partial charge in [0.2, 0.25) is 5.91 Å². The van der Waals surface area contributed by atoms with Gasteiger partial charge in [0.15, 0.2) is 0 Å². The highest BCUT2D eigenvalue weighted by molar-refractivity contribution is 5.97. The summed E-state index contributed by atoms with van der Waals surface area (Å²) in [6.45, 7) is 5.12. The maximum Gasteiger partial charge on any atom is 0.254 e. The molecule has 3 rings (SSSR count). The Balaban J connectivity index is 1.44. The van der Waals surface area contributed by atoms with Crippen molar-refractivity contribution in [2.75, 3.05) is 50.0 Å². The van der Waals surface area contributed by atoms with Crippen molar-refractivity contribution in [1.82, 2.24) is 10.2 Å². The lowest BCUT2D eigenvalue weighted by Crippen LogP contribution is -2.40. The van der Waals surface area contributed by atoms with Crippen molar-refractivity contribution in [2.24, 2.45) is 0 Å². The molecule has 1 aliphatic heterocycles. The number of ether oxygens (including phenoxy) is 1. The first-order valence-electron chi connectivity index (χ1n) is 11.0. The van der Waals surface area contributed by atoms with Crippen LogP contribution in [0.4, 0.5) is 11.4 Å². The molecule has 0 unspecified atom stereocenters. The third kappa shape index (κ3) is 6.81. The van der Waals surface area contributed by atoms with E-state index >= 15 is 0 Å². The molecular formula is C24H30N4O4. The van der Waals surface area contributed by atoms with Crippen LogP contribution in [-0.4, -0.2) is 62.0 Å². The Morgan fingerprint density at radius 2 is 1.53 bits per heavy atom. The minimum absolute atomic E-state index is 0.0321. The summed E-state index contributed by atoms with van der Waals surface area (Å²) in [4.78, 5) is 38.5. The fourth-order valence-corrected chi connectivity index (χ4v) is 3.25. The van der Waals surface area contributed by atoms with Crippen LogP contribution in [0.15, 0.2) is 48.5 Å². The number of carbonyl (C=O) groups excluding carboxylic acids is 3. The van der Waals surface area contributed by atoms with Gasteiger partial charge in [-0.05, 0) is 55.0 Å². The van der Waals surface area contributed by atoms with E-state index in [-0.39, 0.29) is 24.3 Å². The molecule has 3 N–H and O–H groups in total. The Hall–Kier alpha value is -3.39. The molecule has 1 aliphatic rings. The van der Waals surface area contributed by atoms with E-state index in [4.69, 9.17) is 4.74 Å². The van der Waals surface area contributed by atoms with Crippen LogP contribution >= 0.6 is 0 Å². The van der Waals surface area contributed by atoms with Gasteiger partial charge in [0.1, 0.15) is 0 Å². The van der Waals surface area contributed by atoms with Gasteiger partial charge < -0.3 is 25.6 Å². The van der Waals surface area contributed by atoms with Gasteiger partial charge in [-0.15, -0.1) is 0 Å². The first-order chi connectivity index (χ1) is 15.6. The molecule has 8 nitrogen and oxygen atoms in total. The molecule has 0 aliphatic carbocycles. The number of rotatable bonds is 9. The predicted molar refractivity (Wildman–Crippen MR) is 124 cm³/mol. The second kappa shape index (κ2) is 11.9. The summed E-state index contributed by atoms with van der Waals surface area (Å²) in [5.74, 6) is -0.340. The summed E-state index contributed by atoms with van der Waals surface area (Å²) in [5, 5.41) is 8.72. The van der Waals surface area contributed by atoms with E-state index in [1.54, 1.807) is 53.4 Å². The van der Waals surface area contributed by atoms with Crippen LogP contribution in [0, 0.1) is 0 Å². The smallest absolute Gasteiger partial charge is 0.254 e. The average Bonchev–Trinajstić information content (AvgIpc) is 2.84. The Morgan fingerprint density at radius 3 is 2.19 bits per heavy atom. The number of amides is 3. The maximum atomic E-state index is 12.5. The average molecular weight is 439 g/mol. The van der Waals surface area contributed by atoms with Gasteiger partial charge in [0.25, 0.3) is 11.8 Å². The number of anilines is 2. The molecule has 0 bridgehead atoms. The second-order valence-electron chi connectivity index (χ2n) is 7.57. The molecule has 2 aromatic carbocycles. The summed E-state index contributed by atoms with van der Waals surface area (Å²) in [6, 6.07) is 13.9. The molecule has 1 saturated heterocycles. The van der Waals surface area contributed by atoms with Gasteiger partial charge in [0.05, 0.1) is 19.8 Å². The lowest BCUT2D eigenvalue weighted by Gasteiger charge is -2.26. The van der Waals surface area contributed by atoms with E-state index < -0.39 is 0 Å². The van der Waals surface area contributed by atoms with Crippen LogP contribution in [0.2, 0.25) is 0 Å². The highest BCUT2D eigenvalue weighted by Crippen LogP contribution is 2.13. The molecule has 1 heterocycles. The van der Waals surface area contributed by atoms with Gasteiger partial charge in [0, 0.05) is 42.1 Å². The van der Waals surface area contributed by atoms with Crippen molar-refractivity contribution in [3.63, 3.8) is 0 Å². The molecule has 0 aromatic heterocycles. The summed E-state index contributed by atoms with van der Waals surface area (Å²) in [6.07, 6.45) is 1.98. The lowest BCUT2D eigenvalue weighted by molar-refractivity contribution is -0.114. The van der Waals surface area contributed by atoms with Crippen molar-refractivity contribution >= 4 is 29.1 Å². The SMILES string of the molecule is CCCCNC(=O)c1ccc(NCC(=O)Nc2ccc(C(=O)N3CCOCC3)cc2)cc1. The summed E-state index contributed by atoms with van der Waals surface area (Å²) in [7, 11) is 0. The lowest BCUT2D eigenvalue weighted by atomic mass is 10.1. The highest BCUT2D eigenvalue weighted by Gasteiger charge is 2.18. The van der Waals surface area contributed by atoms with E-state index in [1.165, 1.54) is 0 Å². The van der Waals surface area contributed by atoms with E-state index in [0.717, 1.165) is 18.5 Å². The standard InChI is InChI=1S/C24H30N4O4/c1-2-3-12-25-23(30)18-4-8-20(9-5-18)26-17-22(29)27-21-10-6-19(7-11-21)24(31)28-13-15-32-16-14-28/h4-11,26H,2-3,12-17H2,1H3,(H,25,30)(H,27,29). The largest absolute Gasteiger partial charge is 0.378 e. The molecule has 170 valence electrons. The Labute approximate surface area is 188 Å². The first kappa shape index (κ1) is 23.3. The zero-order valence-corrected chi connectivity index (χ0v) is 18.4. The number of nitrogens with one attached hydrogen (secondary N) is 3. The number of benzene rings is 2. The van der Waals surface area contributed by atoms with Gasteiger partial charge in [-0.1, -0.05) is 13.3 Å². The van der Waals surface area contributed by atoms with E-state index in [9.17, 15) is 14.4 Å². The quantitative estimate of drug-likeness (QED) is 0.523. The van der Waals surface area contributed by atoms with Gasteiger partial charge in [-0.25, -0.2) is 0 Å². The van der Waals surface area contributed by atoms with Crippen molar-refractivity contribution in [1.29, 1.82) is 0 Å². The molecule has 8 heteroatoms. The molecule has 0 atom stereocenters. The summed E-state index contributed by atoms with van der Waals surface area (Å²) < 4.78 is 5.27. The van der Waals surface area contributed by atoms with Gasteiger partial charge in [-0.2, -0.15) is 0 Å². The van der Waals surface area contributed by atoms with Crippen molar-refractivity contribution in [3.8, 4) is 0 Å². The Morgan fingerprint density at radius 1 is 0.906 bits per heavy atom. The number of unbranched alkanes of at least 4 members (excludes halogenated alkanes) is 1. The fraction of sp³-hybridized carbons (Fsp3) is 0.375. The summed E-state index contributed by atoms with van der Waals surface area (Å²) >= 11 is 0. The van der Waals surface area contributed by atoms with Gasteiger partial charge in [-0.3, -0.25) is 14.4 Å². The second-order valence-corrected chi connectivity index (χ2v) is 7.57. The minimum atomic E-state index is -0.210. The van der Waals surface area contributed by atoms with Crippen LogP contribution in [-0.2, 0) is 9.53 Å². The van der Waals surface area contributed by atoms with Crippen LogP contribution in [0.25, 0.3) is 0 Å². The third-order valence-corrected chi connectivity index (χ3v) is 5.13. The van der Waals surface area contributed by atoms with E-state index in [0.29, 0.717) is 49.7 Å². The van der Waals surface area contributed by atoms with E-state index in [2.05, 4.69) is 22.9 Å². The maximum absolute atomic E-state index is 12.5. The van der Waals surface area contributed by atoms with Crippen molar-refractivity contribution in [3.05, 3.63) is 59.7 Å². The molecule has 0 saturated carbocycles. The van der Waals surface area contributed by atoms with Crippen LogP contribution < -0.4 is 16.0 Å². The fourth-order valence-electron chi connectivity index (χ4n) is 3.25. The molecule has 3 amide bonds. The monoisotopic (exact) mass is 438 g/mol. The minimum Gasteiger partial charge on any atom is -0.378 e. The number of hydrogen-bond acceptors (Lipinski definition) is 5. The number of nitrogens with zero attached hydrogens (tertiary/aromatic N) is 1. The Bertz CT molecular complexity index is 907. The topological polar surface area (TPSA) is 99.8 Å². The molecule has 0 spiro atoms. The number of hydrogen-bond donors (Lipinski definition) is 3. The molecule has 2 aromatic rings. The Kier molecular flexibility index (Phi) is 8.62. The zero-order valence-electron chi connectivity index (χ0n) is 18.4. The normalized spacial score (nSPS) is 13.3. The first-order valence-corrected chi connectivity index (χ1v) is 11.0. The molecular weight excluding hydrogens is 408 g/mol. The third-order valence-electron chi connectivity index (χ3n) is 5.13. The number of carbonyl (C=O) groups is 3. The van der Waals surface area contributed by atoms with Crippen molar-refractivity contribution in [2.45, 2.75) is 19.8 Å². The van der Waals surface area contributed by atoms with E-state index in [1.807, 2.05) is 0 Å². The van der Waals surface area contributed by atoms with Gasteiger partial charge >= 0.3 is 0 Å². The van der Waals surface area contributed by atoms with Crippen molar-refractivity contribution < 1.29 is 19.1 Å². The zero-order chi connectivity index (χ0) is 22.8. The molecule has 32 heavy (non-hydrogen) atoms.